The van der Waals surface area contributed by atoms with Gasteiger partial charge in [-0.2, -0.15) is 0 Å². The molecule has 0 saturated carbocycles. The lowest BCUT2D eigenvalue weighted by Gasteiger charge is -2.42. The van der Waals surface area contributed by atoms with E-state index in [-0.39, 0.29) is 18.4 Å². The molecule has 7 heteroatoms. The number of nitrogens with zero attached hydrogens (tertiary/aromatic N) is 1. The number of carbonyl (C=O) groups is 3. The average molecular weight is 438 g/mol. The molecule has 0 radical (unpaired) electrons. The van der Waals surface area contributed by atoms with Crippen LogP contribution >= 0.6 is 0 Å². The molecule has 2 atom stereocenters. The zero-order chi connectivity index (χ0) is 24.0. The molecule has 0 aromatic heterocycles. The van der Waals surface area contributed by atoms with Crippen molar-refractivity contribution in [2.75, 3.05) is 13.1 Å². The van der Waals surface area contributed by atoms with E-state index in [2.05, 4.69) is 10.6 Å². The Hall–Kier alpha value is -3.19. The lowest BCUT2D eigenvalue weighted by Crippen LogP contribution is -2.60. The number of hydrogen-bond acceptors (Lipinski definition) is 4. The molecule has 1 unspecified atom stereocenters. The fourth-order valence-electron chi connectivity index (χ4n) is 3.79. The summed E-state index contributed by atoms with van der Waals surface area (Å²) in [5.41, 5.74) is 6.38. The van der Waals surface area contributed by atoms with Gasteiger partial charge in [0.05, 0.1) is 20.0 Å². The quantitative estimate of drug-likeness (QED) is 0.529. The summed E-state index contributed by atoms with van der Waals surface area (Å²) in [6.45, 7) is 4.28. The summed E-state index contributed by atoms with van der Waals surface area (Å²) >= 11 is 0. The van der Waals surface area contributed by atoms with E-state index in [4.69, 9.17) is 5.73 Å². The summed E-state index contributed by atoms with van der Waals surface area (Å²) in [6.07, 6.45) is 0.954. The molecule has 170 valence electrons. The van der Waals surface area contributed by atoms with Gasteiger partial charge in [0.1, 0.15) is 6.04 Å². The van der Waals surface area contributed by atoms with Crippen molar-refractivity contribution in [3.05, 3.63) is 71.8 Å². The zero-order valence-electron chi connectivity index (χ0n) is 19.6. The smallest absolute Gasteiger partial charge is 0.243 e. The first-order valence-electron chi connectivity index (χ1n) is 11.5. The van der Waals surface area contributed by atoms with Crippen molar-refractivity contribution in [2.24, 2.45) is 11.7 Å². The minimum atomic E-state index is -1.67. The molecule has 1 saturated heterocycles. The van der Waals surface area contributed by atoms with Crippen LogP contribution in [0, 0.1) is 5.92 Å². The maximum atomic E-state index is 13.9. The van der Waals surface area contributed by atoms with Crippen LogP contribution in [0.5, 0.6) is 0 Å². The fraction of sp³-hybridized carbons (Fsp3) is 0.400. The highest BCUT2D eigenvalue weighted by Crippen LogP contribution is 2.33. The molecule has 2 aromatic rings. The third-order valence-electron chi connectivity index (χ3n) is 5.44. The SMILES string of the molecule is [2H]C(c1ccccc1)(c1ccccc1)N(C(=O)C1CCN1)[C@@H](CC(C)C)C(=O)NCC(N)=O. The number of nitrogens with two attached hydrogens (primary N) is 1. The van der Waals surface area contributed by atoms with Crippen molar-refractivity contribution in [1.82, 2.24) is 15.5 Å². The van der Waals surface area contributed by atoms with Crippen molar-refractivity contribution in [1.29, 1.82) is 0 Å². The molecule has 7 nitrogen and oxygen atoms in total. The van der Waals surface area contributed by atoms with Crippen LogP contribution < -0.4 is 16.4 Å². The van der Waals surface area contributed by atoms with Crippen molar-refractivity contribution in [3.8, 4) is 0 Å². The third kappa shape index (κ3) is 5.73. The lowest BCUT2D eigenvalue weighted by molar-refractivity contribution is -0.146. The van der Waals surface area contributed by atoms with E-state index in [0.717, 1.165) is 0 Å². The summed E-state index contributed by atoms with van der Waals surface area (Å²) in [5, 5.41) is 5.68. The molecule has 32 heavy (non-hydrogen) atoms. The Labute approximate surface area is 190 Å². The van der Waals surface area contributed by atoms with Crippen molar-refractivity contribution < 1.29 is 15.8 Å². The second-order valence-corrected chi connectivity index (χ2v) is 8.41. The van der Waals surface area contributed by atoms with Crippen LogP contribution in [0.2, 0.25) is 0 Å². The van der Waals surface area contributed by atoms with Gasteiger partial charge < -0.3 is 21.3 Å². The van der Waals surface area contributed by atoms with Gasteiger partial charge in [-0.05, 0) is 36.4 Å². The number of primary amides is 1. The first-order valence-corrected chi connectivity index (χ1v) is 11.0. The Bertz CT molecular complexity index is 925. The number of nitrogens with one attached hydrogen (secondary N) is 2. The Morgan fingerprint density at radius 3 is 2.03 bits per heavy atom. The molecule has 0 spiro atoms. The van der Waals surface area contributed by atoms with Gasteiger partial charge in [0.2, 0.25) is 17.7 Å². The number of amides is 3. The maximum Gasteiger partial charge on any atom is 0.243 e. The molecule has 1 aliphatic heterocycles. The van der Waals surface area contributed by atoms with Crippen molar-refractivity contribution in [2.45, 2.75) is 44.8 Å². The first-order chi connectivity index (χ1) is 15.7. The van der Waals surface area contributed by atoms with Gasteiger partial charge in [-0.25, -0.2) is 0 Å². The van der Waals surface area contributed by atoms with Gasteiger partial charge >= 0.3 is 0 Å². The molecule has 4 N–H and O–H groups in total. The topological polar surface area (TPSA) is 105 Å². The minimum absolute atomic E-state index is 0.0507. The normalized spacial score (nSPS) is 17.1. The number of rotatable bonds is 10. The number of benzene rings is 2. The lowest BCUT2D eigenvalue weighted by atomic mass is 9.91. The minimum Gasteiger partial charge on any atom is -0.368 e. The highest BCUT2D eigenvalue weighted by molar-refractivity contribution is 5.92. The molecule has 0 aliphatic carbocycles. The van der Waals surface area contributed by atoms with E-state index < -0.39 is 29.9 Å². The van der Waals surface area contributed by atoms with Gasteiger partial charge in [-0.15, -0.1) is 0 Å². The summed E-state index contributed by atoms with van der Waals surface area (Å²) in [7, 11) is 0. The number of hydrogen-bond donors (Lipinski definition) is 3. The van der Waals surface area contributed by atoms with Gasteiger partial charge in [0, 0.05) is 0 Å². The van der Waals surface area contributed by atoms with Gasteiger partial charge in [-0.1, -0.05) is 74.5 Å². The van der Waals surface area contributed by atoms with E-state index in [0.29, 0.717) is 30.5 Å². The van der Waals surface area contributed by atoms with Gasteiger partial charge in [-0.3, -0.25) is 14.4 Å². The van der Waals surface area contributed by atoms with Crippen LogP contribution in [0.25, 0.3) is 0 Å². The standard InChI is InChI=1S/C25H32N4O3/c1-17(2)15-21(24(31)28-16-22(26)30)29(25(32)20-13-14-27-20)23(18-9-5-3-6-10-18)19-11-7-4-8-12-19/h3-12,17,20-21,23,27H,13-16H2,1-2H3,(H2,26,30)(H,28,31)/t20?,21-/m0/s1/i23D. The zero-order valence-corrected chi connectivity index (χ0v) is 18.6. The molecule has 1 aliphatic rings. The van der Waals surface area contributed by atoms with E-state index >= 15 is 0 Å². The molecular formula is C25H32N4O3. The van der Waals surface area contributed by atoms with E-state index in [1.807, 2.05) is 50.2 Å². The van der Waals surface area contributed by atoms with Gasteiger partial charge in [0.25, 0.3) is 0 Å². The molecule has 1 heterocycles. The van der Waals surface area contributed by atoms with Crippen LogP contribution in [0.1, 0.15) is 45.2 Å². The summed E-state index contributed by atoms with van der Waals surface area (Å²) in [4.78, 5) is 39.9. The predicted molar refractivity (Wildman–Crippen MR) is 123 cm³/mol. The fourth-order valence-corrected chi connectivity index (χ4v) is 3.79. The predicted octanol–water partition coefficient (Wildman–Crippen LogP) is 1.98. The second-order valence-electron chi connectivity index (χ2n) is 8.41. The van der Waals surface area contributed by atoms with Crippen LogP contribution in [-0.4, -0.2) is 47.8 Å². The molecule has 1 fully saturated rings. The van der Waals surface area contributed by atoms with E-state index in [1.54, 1.807) is 24.3 Å². The van der Waals surface area contributed by atoms with Crippen LogP contribution in [0.15, 0.2) is 60.7 Å². The second kappa shape index (κ2) is 10.9. The summed E-state index contributed by atoms with van der Waals surface area (Å²) in [5.74, 6) is -1.44. The Morgan fingerprint density at radius 2 is 1.62 bits per heavy atom. The first kappa shape index (κ1) is 22.0. The van der Waals surface area contributed by atoms with Crippen molar-refractivity contribution >= 4 is 17.7 Å². The van der Waals surface area contributed by atoms with Crippen LogP contribution in [-0.2, 0) is 14.4 Å². The average Bonchev–Trinajstić information content (AvgIpc) is 2.76. The Morgan fingerprint density at radius 1 is 1.09 bits per heavy atom. The molecule has 3 rings (SSSR count). The highest BCUT2D eigenvalue weighted by Gasteiger charge is 2.41. The van der Waals surface area contributed by atoms with E-state index in [1.165, 1.54) is 4.90 Å². The van der Waals surface area contributed by atoms with Crippen LogP contribution in [0.4, 0.5) is 0 Å². The largest absolute Gasteiger partial charge is 0.368 e. The molecule has 3 amide bonds. The number of carbonyl (C=O) groups excluding carboxylic acids is 3. The molecular weight excluding hydrogens is 404 g/mol. The maximum absolute atomic E-state index is 13.9. The summed E-state index contributed by atoms with van der Waals surface area (Å²) < 4.78 is 9.77. The monoisotopic (exact) mass is 437 g/mol. The van der Waals surface area contributed by atoms with Crippen molar-refractivity contribution in [3.63, 3.8) is 0 Å². The van der Waals surface area contributed by atoms with E-state index in [9.17, 15) is 15.8 Å². The Kier molecular flexibility index (Phi) is 7.51. The molecule has 2 aromatic carbocycles. The van der Waals surface area contributed by atoms with Crippen LogP contribution in [0.3, 0.4) is 0 Å². The van der Waals surface area contributed by atoms with Gasteiger partial charge in [0.15, 0.2) is 0 Å². The molecule has 0 bridgehead atoms. The Balaban J connectivity index is 2.19. The summed E-state index contributed by atoms with van der Waals surface area (Å²) in [6, 6.07) is 15.0. The highest BCUT2D eigenvalue weighted by atomic mass is 16.2. The third-order valence-corrected chi connectivity index (χ3v) is 5.44.